The lowest BCUT2D eigenvalue weighted by molar-refractivity contribution is 0.277. The zero-order valence-corrected chi connectivity index (χ0v) is 26.7. The van der Waals surface area contributed by atoms with Crippen LogP contribution >= 0.6 is 7.26 Å². The first-order valence-electron chi connectivity index (χ1n) is 15.0. The van der Waals surface area contributed by atoms with Crippen LogP contribution < -0.4 is 15.9 Å². The summed E-state index contributed by atoms with van der Waals surface area (Å²) < 4.78 is 6.33. The molecule has 0 bridgehead atoms. The van der Waals surface area contributed by atoms with Gasteiger partial charge in [-0.1, -0.05) is 114 Å². The van der Waals surface area contributed by atoms with Crippen molar-refractivity contribution in [3.63, 3.8) is 0 Å². The third-order valence-corrected chi connectivity index (χ3v) is 17.6. The Morgan fingerprint density at radius 3 is 1.24 bits per heavy atom. The maximum atomic E-state index is 6.33. The summed E-state index contributed by atoms with van der Waals surface area (Å²) in [6.45, 7) is 12.6. The van der Waals surface area contributed by atoms with Crippen molar-refractivity contribution in [3.8, 4) is 0 Å². The molecule has 0 N–H and O–H groups in total. The Morgan fingerprint density at radius 2 is 0.868 bits per heavy atom. The van der Waals surface area contributed by atoms with Gasteiger partial charge in [-0.05, 0) is 73.8 Å². The highest BCUT2D eigenvalue weighted by molar-refractivity contribution is 7.95. The van der Waals surface area contributed by atoms with Crippen LogP contribution in [0.1, 0.15) is 78.6 Å². The molecule has 0 unspecified atom stereocenters. The summed E-state index contributed by atoms with van der Waals surface area (Å²) in [7, 11) is -3.24. The zero-order valence-electron chi connectivity index (χ0n) is 24.8. The third kappa shape index (κ3) is 8.64. The molecule has 206 valence electrons. The molecule has 38 heavy (non-hydrogen) atoms. The SMILES string of the molecule is CC(C)(C)[Si](C)(C)OCCCCCCCCCCC[P+](c1ccccc1)(c1ccccc1)c1ccccc1. The molecule has 0 aliphatic carbocycles. The highest BCUT2D eigenvalue weighted by atomic mass is 31.2. The number of benzene rings is 3. The lowest BCUT2D eigenvalue weighted by Crippen LogP contribution is -2.40. The number of unbranched alkanes of at least 4 members (excludes halogenated alkanes) is 8. The van der Waals surface area contributed by atoms with E-state index in [4.69, 9.17) is 4.43 Å². The minimum atomic E-state index is -1.66. The van der Waals surface area contributed by atoms with E-state index in [0.717, 1.165) is 6.61 Å². The average Bonchev–Trinajstić information content (AvgIpc) is 2.92. The van der Waals surface area contributed by atoms with Crippen LogP contribution in [0.5, 0.6) is 0 Å². The van der Waals surface area contributed by atoms with E-state index < -0.39 is 15.6 Å². The van der Waals surface area contributed by atoms with Gasteiger partial charge in [0.05, 0.1) is 6.16 Å². The summed E-state index contributed by atoms with van der Waals surface area (Å²) in [5.41, 5.74) is 0. The van der Waals surface area contributed by atoms with Gasteiger partial charge in [0.1, 0.15) is 23.2 Å². The molecular formula is C35H52OPSi+. The summed E-state index contributed by atoms with van der Waals surface area (Å²) >= 11 is 0. The van der Waals surface area contributed by atoms with Crippen molar-refractivity contribution >= 4 is 31.5 Å². The van der Waals surface area contributed by atoms with Crippen molar-refractivity contribution < 1.29 is 4.43 Å². The van der Waals surface area contributed by atoms with Crippen LogP contribution in [0.4, 0.5) is 0 Å². The molecular weight excluding hydrogens is 495 g/mol. The predicted octanol–water partition coefficient (Wildman–Crippen LogP) is 9.51. The highest BCUT2D eigenvalue weighted by Crippen LogP contribution is 2.56. The summed E-state index contributed by atoms with van der Waals surface area (Å²) in [6.07, 6.45) is 13.2. The topological polar surface area (TPSA) is 9.23 Å². The van der Waals surface area contributed by atoms with Gasteiger partial charge >= 0.3 is 0 Å². The fraction of sp³-hybridized carbons (Fsp3) is 0.486. The molecule has 0 saturated heterocycles. The standard InChI is InChI=1S/C35H52OPSi/c1-35(2,3)38(4,5)36-30-22-11-9-7-6-8-10-12-23-31-37(32-24-16-13-17-25-32,33-26-18-14-19-27-33)34-28-20-15-21-29-34/h13-21,24-29H,6-12,22-23,30-31H2,1-5H3/q+1. The quantitative estimate of drug-likeness (QED) is 0.0985. The number of hydrogen-bond acceptors (Lipinski definition) is 1. The second-order valence-electron chi connectivity index (χ2n) is 12.3. The molecule has 0 amide bonds. The van der Waals surface area contributed by atoms with E-state index in [9.17, 15) is 0 Å². The van der Waals surface area contributed by atoms with E-state index >= 15 is 0 Å². The number of rotatable bonds is 16. The largest absolute Gasteiger partial charge is 0.417 e. The Bertz CT molecular complexity index is 931. The summed E-state index contributed by atoms with van der Waals surface area (Å²) in [5.74, 6) is 0. The van der Waals surface area contributed by atoms with E-state index in [2.05, 4.69) is 125 Å². The Morgan fingerprint density at radius 1 is 0.526 bits per heavy atom. The fourth-order valence-electron chi connectivity index (χ4n) is 5.11. The summed E-state index contributed by atoms with van der Waals surface area (Å²) in [5, 5.41) is 4.84. The highest BCUT2D eigenvalue weighted by Gasteiger charge is 2.44. The molecule has 3 heteroatoms. The molecule has 0 spiro atoms. The normalized spacial score (nSPS) is 12.6. The van der Waals surface area contributed by atoms with Crippen LogP contribution in [0.2, 0.25) is 18.1 Å². The monoisotopic (exact) mass is 547 g/mol. The van der Waals surface area contributed by atoms with E-state index in [0.29, 0.717) is 5.04 Å². The predicted molar refractivity (Wildman–Crippen MR) is 175 cm³/mol. The van der Waals surface area contributed by atoms with Crippen molar-refractivity contribution in [1.82, 2.24) is 0 Å². The smallest absolute Gasteiger partial charge is 0.191 e. The van der Waals surface area contributed by atoms with Gasteiger partial charge in [-0.3, -0.25) is 0 Å². The zero-order chi connectivity index (χ0) is 27.3. The Hall–Kier alpha value is -1.73. The van der Waals surface area contributed by atoms with Gasteiger partial charge in [-0.25, -0.2) is 0 Å². The van der Waals surface area contributed by atoms with Crippen molar-refractivity contribution in [2.45, 2.75) is 96.7 Å². The van der Waals surface area contributed by atoms with Gasteiger partial charge in [-0.15, -0.1) is 0 Å². The molecule has 3 aromatic carbocycles. The molecule has 0 radical (unpaired) electrons. The Kier molecular flexibility index (Phi) is 12.3. The summed E-state index contributed by atoms with van der Waals surface area (Å²) in [6, 6.07) is 33.9. The van der Waals surface area contributed by atoms with E-state index in [1.54, 1.807) is 0 Å². The van der Waals surface area contributed by atoms with Crippen molar-refractivity contribution in [2.75, 3.05) is 12.8 Å². The van der Waals surface area contributed by atoms with Crippen LogP contribution in [0.25, 0.3) is 0 Å². The van der Waals surface area contributed by atoms with Crippen LogP contribution in [0, 0.1) is 0 Å². The van der Waals surface area contributed by atoms with Gasteiger partial charge in [0.15, 0.2) is 8.32 Å². The molecule has 3 rings (SSSR count). The van der Waals surface area contributed by atoms with Crippen LogP contribution in [-0.2, 0) is 4.43 Å². The average molecular weight is 548 g/mol. The molecule has 0 atom stereocenters. The summed E-state index contributed by atoms with van der Waals surface area (Å²) in [4.78, 5) is 0. The molecule has 0 aliphatic rings. The Labute approximate surface area is 235 Å². The second kappa shape index (κ2) is 15.2. The van der Waals surface area contributed by atoms with E-state index in [-0.39, 0.29) is 0 Å². The molecule has 0 heterocycles. The van der Waals surface area contributed by atoms with Crippen LogP contribution in [-0.4, -0.2) is 21.1 Å². The van der Waals surface area contributed by atoms with Crippen molar-refractivity contribution in [2.24, 2.45) is 0 Å². The fourth-order valence-corrected chi connectivity index (χ4v) is 10.6. The van der Waals surface area contributed by atoms with Crippen LogP contribution in [0.15, 0.2) is 91.0 Å². The third-order valence-electron chi connectivity index (χ3n) is 8.50. The first-order chi connectivity index (χ1) is 18.3. The lowest BCUT2D eigenvalue weighted by atomic mass is 10.1. The van der Waals surface area contributed by atoms with Crippen molar-refractivity contribution in [1.29, 1.82) is 0 Å². The molecule has 0 aromatic heterocycles. The van der Waals surface area contributed by atoms with E-state index in [1.165, 1.54) is 79.9 Å². The van der Waals surface area contributed by atoms with Crippen molar-refractivity contribution in [3.05, 3.63) is 91.0 Å². The maximum absolute atomic E-state index is 6.33. The minimum absolute atomic E-state index is 0.317. The Balaban J connectivity index is 1.45. The molecule has 0 saturated carbocycles. The molecule has 1 nitrogen and oxygen atoms in total. The molecule has 3 aromatic rings. The lowest BCUT2D eigenvalue weighted by Gasteiger charge is -2.36. The first-order valence-corrected chi connectivity index (χ1v) is 19.8. The second-order valence-corrected chi connectivity index (χ2v) is 20.8. The van der Waals surface area contributed by atoms with Crippen LogP contribution in [0.3, 0.4) is 0 Å². The number of hydrogen-bond donors (Lipinski definition) is 0. The molecule has 0 aliphatic heterocycles. The molecule has 0 fully saturated rings. The van der Waals surface area contributed by atoms with Gasteiger partial charge in [0.2, 0.25) is 0 Å². The van der Waals surface area contributed by atoms with Gasteiger partial charge < -0.3 is 4.43 Å². The van der Waals surface area contributed by atoms with Gasteiger partial charge in [0, 0.05) is 6.61 Å². The van der Waals surface area contributed by atoms with E-state index in [1.807, 2.05) is 0 Å². The van der Waals surface area contributed by atoms with Gasteiger partial charge in [0.25, 0.3) is 0 Å². The maximum Gasteiger partial charge on any atom is 0.191 e. The first kappa shape index (κ1) is 30.8. The minimum Gasteiger partial charge on any atom is -0.417 e. The van der Waals surface area contributed by atoms with Gasteiger partial charge in [-0.2, -0.15) is 0 Å².